The van der Waals surface area contributed by atoms with Gasteiger partial charge in [-0.3, -0.25) is 0 Å². The number of aromatic nitrogens is 3. The van der Waals surface area contributed by atoms with Gasteiger partial charge in [-0.25, -0.2) is 4.98 Å². The predicted octanol–water partition coefficient (Wildman–Crippen LogP) is 1.91. The van der Waals surface area contributed by atoms with Crippen LogP contribution in [0.25, 0.3) is 0 Å². The van der Waals surface area contributed by atoms with E-state index in [1.54, 1.807) is 12.1 Å². The van der Waals surface area contributed by atoms with Gasteiger partial charge in [-0.05, 0) is 25.8 Å². The fourth-order valence-corrected chi connectivity index (χ4v) is 4.21. The first-order valence-electron chi connectivity index (χ1n) is 10.4. The Bertz CT molecular complexity index is 1140. The quantitative estimate of drug-likeness (QED) is 0.230. The van der Waals surface area contributed by atoms with Gasteiger partial charge >= 0.3 is 6.18 Å². The number of hydrogen-bond donors (Lipinski definition) is 5. The van der Waals surface area contributed by atoms with Crippen LogP contribution in [-0.4, -0.2) is 67.0 Å². The lowest BCUT2D eigenvalue weighted by atomic mass is 10.0. The standard InChI is InChI=1S/C21H21ClF3N5O4/c1-2-34-14-6-4-11(9-26-14)3-5-12-16(22)28-18(27-10-20(23,24)25)29-17(12)30-19(32)8-7-13-15(31)21(13,19)33/h4,6,9,13,15,31-33H,2,7-8,10H2,1H3,(H2,27,28,29,30). The van der Waals surface area contributed by atoms with Crippen LogP contribution in [0.1, 0.15) is 30.9 Å². The molecular formula is C21H21ClF3N5O4. The maximum atomic E-state index is 12.6. The molecule has 0 aromatic carbocycles. The second-order valence-electron chi connectivity index (χ2n) is 8.00. The second kappa shape index (κ2) is 8.74. The molecule has 0 aliphatic heterocycles. The van der Waals surface area contributed by atoms with Gasteiger partial charge in [0.2, 0.25) is 11.8 Å². The first-order valence-corrected chi connectivity index (χ1v) is 10.7. The number of rotatable bonds is 6. The first kappa shape index (κ1) is 24.3. The third-order valence-corrected chi connectivity index (χ3v) is 6.04. The van der Waals surface area contributed by atoms with Crippen molar-refractivity contribution in [3.63, 3.8) is 0 Å². The summed E-state index contributed by atoms with van der Waals surface area (Å²) in [5.74, 6) is 4.75. The fraction of sp³-hybridized carbons (Fsp3) is 0.476. The highest BCUT2D eigenvalue weighted by molar-refractivity contribution is 6.31. The van der Waals surface area contributed by atoms with E-state index in [0.29, 0.717) is 24.5 Å². The molecule has 4 unspecified atom stereocenters. The number of aliphatic hydroxyl groups is 3. The van der Waals surface area contributed by atoms with Gasteiger partial charge in [0.25, 0.3) is 0 Å². The van der Waals surface area contributed by atoms with Crippen molar-refractivity contribution < 1.29 is 33.2 Å². The van der Waals surface area contributed by atoms with E-state index in [1.165, 1.54) is 6.20 Å². The van der Waals surface area contributed by atoms with Crippen molar-refractivity contribution in [1.82, 2.24) is 15.0 Å². The van der Waals surface area contributed by atoms with E-state index in [1.807, 2.05) is 12.2 Å². The van der Waals surface area contributed by atoms with Gasteiger partial charge < -0.3 is 30.7 Å². The Labute approximate surface area is 197 Å². The molecule has 182 valence electrons. The number of hydrogen-bond acceptors (Lipinski definition) is 9. The summed E-state index contributed by atoms with van der Waals surface area (Å²) in [5.41, 5.74) is -3.37. The average Bonchev–Trinajstić information content (AvgIpc) is 3.19. The smallest absolute Gasteiger partial charge is 0.405 e. The number of pyridine rings is 1. The third kappa shape index (κ3) is 4.56. The minimum Gasteiger partial charge on any atom is -0.478 e. The number of nitrogens with one attached hydrogen (secondary N) is 2. The molecule has 0 radical (unpaired) electrons. The molecule has 5 N–H and O–H groups in total. The van der Waals surface area contributed by atoms with Gasteiger partial charge in [0.15, 0.2) is 16.7 Å². The van der Waals surface area contributed by atoms with E-state index < -0.39 is 42.0 Å². The maximum Gasteiger partial charge on any atom is 0.405 e. The second-order valence-corrected chi connectivity index (χ2v) is 8.36. The molecule has 2 aliphatic carbocycles. The summed E-state index contributed by atoms with van der Waals surface area (Å²) < 4.78 is 43.2. The monoisotopic (exact) mass is 499 g/mol. The van der Waals surface area contributed by atoms with Crippen LogP contribution < -0.4 is 15.4 Å². The molecule has 4 atom stereocenters. The summed E-state index contributed by atoms with van der Waals surface area (Å²) in [7, 11) is 0. The van der Waals surface area contributed by atoms with Crippen molar-refractivity contribution in [2.45, 2.75) is 43.4 Å². The molecule has 34 heavy (non-hydrogen) atoms. The minimum atomic E-state index is -4.54. The predicted molar refractivity (Wildman–Crippen MR) is 115 cm³/mol. The zero-order chi connectivity index (χ0) is 24.7. The Morgan fingerprint density at radius 3 is 2.62 bits per heavy atom. The molecule has 2 aromatic rings. The highest BCUT2D eigenvalue weighted by Crippen LogP contribution is 2.60. The highest BCUT2D eigenvalue weighted by atomic mass is 35.5. The van der Waals surface area contributed by atoms with Crippen LogP contribution in [-0.2, 0) is 0 Å². The lowest BCUT2D eigenvalue weighted by molar-refractivity contribution is -0.115. The highest BCUT2D eigenvalue weighted by Gasteiger charge is 2.78. The zero-order valence-corrected chi connectivity index (χ0v) is 18.6. The lowest BCUT2D eigenvalue weighted by Crippen LogP contribution is -2.51. The van der Waals surface area contributed by atoms with Crippen LogP contribution in [0.5, 0.6) is 5.88 Å². The van der Waals surface area contributed by atoms with Crippen molar-refractivity contribution in [2.75, 3.05) is 23.8 Å². The van der Waals surface area contributed by atoms with Crippen molar-refractivity contribution in [1.29, 1.82) is 0 Å². The normalized spacial score (nSPS) is 27.4. The number of ether oxygens (including phenoxy) is 1. The molecule has 0 saturated heterocycles. The lowest BCUT2D eigenvalue weighted by Gasteiger charge is -2.32. The Morgan fingerprint density at radius 1 is 1.26 bits per heavy atom. The summed E-state index contributed by atoms with van der Waals surface area (Å²) in [6.07, 6.45) is -3.83. The molecule has 13 heteroatoms. The number of nitrogens with zero attached hydrogens (tertiary/aromatic N) is 3. The first-order chi connectivity index (χ1) is 16.0. The molecular weight excluding hydrogens is 479 g/mol. The number of fused-ring (bicyclic) bond motifs is 1. The van der Waals surface area contributed by atoms with E-state index in [9.17, 15) is 28.5 Å². The largest absolute Gasteiger partial charge is 0.478 e. The number of anilines is 2. The molecule has 9 nitrogen and oxygen atoms in total. The summed E-state index contributed by atoms with van der Waals surface area (Å²) >= 11 is 6.21. The van der Waals surface area contributed by atoms with E-state index >= 15 is 0 Å². The summed E-state index contributed by atoms with van der Waals surface area (Å²) in [5, 5.41) is 36.1. The van der Waals surface area contributed by atoms with E-state index in [-0.39, 0.29) is 23.0 Å². The molecule has 0 spiro atoms. The Morgan fingerprint density at radius 2 is 2.03 bits per heavy atom. The number of halogens is 4. The molecule has 0 bridgehead atoms. The van der Waals surface area contributed by atoms with Crippen LogP contribution in [0.4, 0.5) is 24.9 Å². The molecule has 2 heterocycles. The SMILES string of the molecule is CCOc1ccc(C#Cc2c(Cl)nc(NCC(F)(F)F)nc2NC2(O)CCC3C(O)C32O)cn1. The fourth-order valence-electron chi connectivity index (χ4n) is 3.99. The molecule has 2 aromatic heterocycles. The van der Waals surface area contributed by atoms with Crippen molar-refractivity contribution in [2.24, 2.45) is 5.92 Å². The van der Waals surface area contributed by atoms with E-state index in [0.717, 1.165) is 0 Å². The minimum absolute atomic E-state index is 0.0243. The van der Waals surface area contributed by atoms with Gasteiger partial charge in [-0.2, -0.15) is 23.1 Å². The Kier molecular flexibility index (Phi) is 6.24. The molecule has 0 amide bonds. The topological polar surface area (TPSA) is 133 Å². The molecule has 2 aliphatic rings. The third-order valence-electron chi connectivity index (χ3n) is 5.77. The average molecular weight is 500 g/mol. The van der Waals surface area contributed by atoms with E-state index in [2.05, 4.69) is 32.1 Å². The van der Waals surface area contributed by atoms with Crippen LogP contribution in [0.15, 0.2) is 18.3 Å². The molecule has 2 saturated carbocycles. The van der Waals surface area contributed by atoms with Crippen LogP contribution >= 0.6 is 11.6 Å². The van der Waals surface area contributed by atoms with Gasteiger partial charge in [0, 0.05) is 23.7 Å². The maximum absolute atomic E-state index is 12.6. The number of alkyl halides is 3. The van der Waals surface area contributed by atoms with Gasteiger partial charge in [-0.1, -0.05) is 23.4 Å². The van der Waals surface area contributed by atoms with Gasteiger partial charge in [0.1, 0.15) is 17.7 Å². The van der Waals surface area contributed by atoms with Gasteiger partial charge in [-0.15, -0.1) is 0 Å². The summed E-state index contributed by atoms with van der Waals surface area (Å²) in [6, 6.07) is 3.25. The van der Waals surface area contributed by atoms with Crippen molar-refractivity contribution >= 4 is 23.4 Å². The summed E-state index contributed by atoms with van der Waals surface area (Å²) in [4.78, 5) is 11.9. The van der Waals surface area contributed by atoms with Crippen LogP contribution in [0, 0.1) is 17.8 Å². The van der Waals surface area contributed by atoms with Crippen LogP contribution in [0.3, 0.4) is 0 Å². The molecule has 2 fully saturated rings. The van der Waals surface area contributed by atoms with Crippen LogP contribution in [0.2, 0.25) is 5.15 Å². The number of aliphatic hydroxyl groups excluding tert-OH is 1. The van der Waals surface area contributed by atoms with Crippen molar-refractivity contribution in [3.8, 4) is 17.7 Å². The Hall–Kier alpha value is -2.85. The molecule has 4 rings (SSSR count). The van der Waals surface area contributed by atoms with E-state index in [4.69, 9.17) is 16.3 Å². The van der Waals surface area contributed by atoms with Gasteiger partial charge in [0.05, 0.1) is 12.7 Å². The zero-order valence-electron chi connectivity index (χ0n) is 17.8. The summed E-state index contributed by atoms with van der Waals surface area (Å²) in [6.45, 7) is 0.844. The van der Waals surface area contributed by atoms with Crippen molar-refractivity contribution in [3.05, 3.63) is 34.6 Å². The Balaban J connectivity index is 1.68.